The molecule has 0 spiro atoms. The Labute approximate surface area is 134 Å². The van der Waals surface area contributed by atoms with Crippen molar-refractivity contribution in [2.75, 3.05) is 7.05 Å². The molecule has 0 fully saturated rings. The van der Waals surface area contributed by atoms with Crippen molar-refractivity contribution in [3.63, 3.8) is 0 Å². The summed E-state index contributed by atoms with van der Waals surface area (Å²) in [7, 11) is 1.91. The molecular formula is C17H17ClN4. The molecule has 0 aliphatic carbocycles. The quantitative estimate of drug-likeness (QED) is 0.785. The van der Waals surface area contributed by atoms with Crippen LogP contribution in [0.4, 0.5) is 0 Å². The Balaban J connectivity index is 1.91. The second-order valence-corrected chi connectivity index (χ2v) is 5.48. The van der Waals surface area contributed by atoms with Gasteiger partial charge in [-0.3, -0.25) is 0 Å². The van der Waals surface area contributed by atoms with Gasteiger partial charge in [-0.25, -0.2) is 0 Å². The van der Waals surface area contributed by atoms with Gasteiger partial charge < -0.3 is 5.32 Å². The van der Waals surface area contributed by atoms with E-state index in [9.17, 15) is 0 Å². The molecule has 3 rings (SSSR count). The summed E-state index contributed by atoms with van der Waals surface area (Å²) in [4.78, 5) is 1.73. The lowest BCUT2D eigenvalue weighted by atomic mass is 10.1. The third-order valence-corrected chi connectivity index (χ3v) is 3.61. The van der Waals surface area contributed by atoms with Gasteiger partial charge in [-0.1, -0.05) is 54.1 Å². The van der Waals surface area contributed by atoms with Gasteiger partial charge in [-0.05, 0) is 24.7 Å². The minimum Gasteiger partial charge on any atom is -0.314 e. The fourth-order valence-electron chi connectivity index (χ4n) is 2.31. The summed E-state index contributed by atoms with van der Waals surface area (Å²) in [6, 6.07) is 17.9. The highest BCUT2D eigenvalue weighted by molar-refractivity contribution is 6.30. The molecule has 0 bridgehead atoms. The predicted molar refractivity (Wildman–Crippen MR) is 88.8 cm³/mol. The van der Waals surface area contributed by atoms with E-state index in [1.807, 2.05) is 49.5 Å². The van der Waals surface area contributed by atoms with Crippen LogP contribution >= 0.6 is 11.6 Å². The van der Waals surface area contributed by atoms with Gasteiger partial charge in [-0.2, -0.15) is 15.0 Å². The Bertz CT molecular complexity index is 735. The van der Waals surface area contributed by atoms with E-state index in [1.54, 1.807) is 4.80 Å². The zero-order chi connectivity index (χ0) is 15.4. The normalized spacial score (nSPS) is 10.8. The second kappa shape index (κ2) is 6.73. The van der Waals surface area contributed by atoms with Crippen molar-refractivity contribution in [3.05, 3.63) is 70.9 Å². The minimum atomic E-state index is 0.626. The molecule has 0 atom stereocenters. The van der Waals surface area contributed by atoms with E-state index in [1.165, 1.54) is 0 Å². The number of hydrogen-bond acceptors (Lipinski definition) is 3. The van der Waals surface area contributed by atoms with Crippen molar-refractivity contribution >= 4 is 11.6 Å². The number of nitrogens with one attached hydrogen (secondary N) is 1. The fourth-order valence-corrected chi connectivity index (χ4v) is 2.44. The van der Waals surface area contributed by atoms with Crippen LogP contribution in [0.5, 0.6) is 0 Å². The van der Waals surface area contributed by atoms with Crippen LogP contribution in [0.25, 0.3) is 11.3 Å². The third kappa shape index (κ3) is 3.35. The molecule has 4 nitrogen and oxygen atoms in total. The number of aromatic nitrogens is 3. The van der Waals surface area contributed by atoms with Gasteiger partial charge in [0.15, 0.2) is 0 Å². The van der Waals surface area contributed by atoms with E-state index >= 15 is 0 Å². The molecule has 1 heterocycles. The van der Waals surface area contributed by atoms with E-state index in [4.69, 9.17) is 11.6 Å². The highest BCUT2D eigenvalue weighted by atomic mass is 35.5. The number of benzene rings is 2. The highest BCUT2D eigenvalue weighted by Crippen LogP contribution is 2.20. The summed E-state index contributed by atoms with van der Waals surface area (Å²) in [5.74, 6) is 0. The zero-order valence-electron chi connectivity index (χ0n) is 12.3. The first-order valence-corrected chi connectivity index (χ1v) is 7.52. The van der Waals surface area contributed by atoms with Gasteiger partial charge in [0, 0.05) is 17.1 Å². The van der Waals surface area contributed by atoms with E-state index < -0.39 is 0 Å². The first-order chi connectivity index (χ1) is 10.8. The first kappa shape index (κ1) is 14.8. The van der Waals surface area contributed by atoms with E-state index in [0.717, 1.165) is 27.5 Å². The standard InChI is InChI=1S/C17H17ClN4/c1-19-11-16-17(14-5-3-2-4-6-14)21-22(20-16)12-13-7-9-15(18)10-8-13/h2-10,19H,11-12H2,1H3. The van der Waals surface area contributed by atoms with Crippen molar-refractivity contribution in [2.24, 2.45) is 0 Å². The Morgan fingerprint density at radius 1 is 1.00 bits per heavy atom. The molecule has 0 amide bonds. The average Bonchev–Trinajstić information content (AvgIpc) is 2.93. The summed E-state index contributed by atoms with van der Waals surface area (Å²) < 4.78 is 0. The molecule has 22 heavy (non-hydrogen) atoms. The van der Waals surface area contributed by atoms with Crippen molar-refractivity contribution in [2.45, 2.75) is 13.1 Å². The summed E-state index contributed by atoms with van der Waals surface area (Å²) in [5, 5.41) is 13.1. The van der Waals surface area contributed by atoms with Crippen LogP contribution in [0.3, 0.4) is 0 Å². The maximum absolute atomic E-state index is 5.92. The zero-order valence-corrected chi connectivity index (χ0v) is 13.1. The molecule has 1 aromatic heterocycles. The molecule has 112 valence electrons. The summed E-state index contributed by atoms with van der Waals surface area (Å²) in [6.45, 7) is 1.31. The predicted octanol–water partition coefficient (Wildman–Crippen LogP) is 3.37. The van der Waals surface area contributed by atoms with Crippen molar-refractivity contribution in [3.8, 4) is 11.3 Å². The van der Waals surface area contributed by atoms with Gasteiger partial charge in [0.1, 0.15) is 11.4 Å². The maximum Gasteiger partial charge on any atom is 0.117 e. The maximum atomic E-state index is 5.92. The summed E-state index contributed by atoms with van der Waals surface area (Å²) in [6.07, 6.45) is 0. The second-order valence-electron chi connectivity index (χ2n) is 5.05. The van der Waals surface area contributed by atoms with Crippen LogP contribution < -0.4 is 5.32 Å². The largest absolute Gasteiger partial charge is 0.314 e. The number of nitrogens with zero attached hydrogens (tertiary/aromatic N) is 3. The molecule has 0 aliphatic rings. The molecule has 1 N–H and O–H groups in total. The van der Waals surface area contributed by atoms with Crippen LogP contribution in [0, 0.1) is 0 Å². The van der Waals surface area contributed by atoms with Gasteiger partial charge in [0.2, 0.25) is 0 Å². The molecule has 0 saturated carbocycles. The molecule has 2 aromatic carbocycles. The van der Waals surface area contributed by atoms with Crippen LogP contribution in [0.15, 0.2) is 54.6 Å². The Kier molecular flexibility index (Phi) is 4.51. The SMILES string of the molecule is CNCc1nn(Cc2ccc(Cl)cc2)nc1-c1ccccc1. The minimum absolute atomic E-state index is 0.626. The highest BCUT2D eigenvalue weighted by Gasteiger charge is 2.12. The van der Waals surface area contributed by atoms with Crippen LogP contribution in [-0.2, 0) is 13.1 Å². The summed E-state index contributed by atoms with van der Waals surface area (Å²) >= 11 is 5.92. The van der Waals surface area contributed by atoms with Gasteiger partial charge in [0.05, 0.1) is 6.54 Å². The Morgan fingerprint density at radius 3 is 2.41 bits per heavy atom. The van der Waals surface area contributed by atoms with E-state index in [2.05, 4.69) is 27.6 Å². The van der Waals surface area contributed by atoms with E-state index in [0.29, 0.717) is 13.1 Å². The molecule has 0 aliphatic heterocycles. The lowest BCUT2D eigenvalue weighted by molar-refractivity contribution is 0.582. The molecule has 5 heteroatoms. The fraction of sp³-hybridized carbons (Fsp3) is 0.176. The van der Waals surface area contributed by atoms with Crippen molar-refractivity contribution in [1.82, 2.24) is 20.3 Å². The van der Waals surface area contributed by atoms with E-state index in [-0.39, 0.29) is 0 Å². The topological polar surface area (TPSA) is 42.7 Å². The molecule has 3 aromatic rings. The third-order valence-electron chi connectivity index (χ3n) is 3.35. The van der Waals surface area contributed by atoms with Gasteiger partial charge >= 0.3 is 0 Å². The molecule has 0 radical (unpaired) electrons. The number of rotatable bonds is 5. The molecule has 0 unspecified atom stereocenters. The van der Waals surface area contributed by atoms with Crippen LogP contribution in [-0.4, -0.2) is 22.0 Å². The Hall–Kier alpha value is -2.17. The Morgan fingerprint density at radius 2 is 1.73 bits per heavy atom. The lowest BCUT2D eigenvalue weighted by Crippen LogP contribution is -2.08. The first-order valence-electron chi connectivity index (χ1n) is 7.15. The van der Waals surface area contributed by atoms with Crippen LogP contribution in [0.1, 0.15) is 11.3 Å². The molecule has 0 saturated heterocycles. The number of hydrogen-bond donors (Lipinski definition) is 1. The van der Waals surface area contributed by atoms with Crippen molar-refractivity contribution in [1.29, 1.82) is 0 Å². The average molecular weight is 313 g/mol. The monoisotopic (exact) mass is 312 g/mol. The van der Waals surface area contributed by atoms with Crippen LogP contribution in [0.2, 0.25) is 5.02 Å². The smallest absolute Gasteiger partial charge is 0.117 e. The molecular weight excluding hydrogens is 296 g/mol. The van der Waals surface area contributed by atoms with Gasteiger partial charge in [-0.15, -0.1) is 0 Å². The van der Waals surface area contributed by atoms with Crippen molar-refractivity contribution < 1.29 is 0 Å². The number of halogens is 1. The van der Waals surface area contributed by atoms with Gasteiger partial charge in [0.25, 0.3) is 0 Å². The summed E-state index contributed by atoms with van der Waals surface area (Å²) in [5.41, 5.74) is 4.07. The lowest BCUT2D eigenvalue weighted by Gasteiger charge is -2.00.